The van der Waals surface area contributed by atoms with Crippen LogP contribution in [0, 0.1) is 10.5 Å². The van der Waals surface area contributed by atoms with E-state index >= 15 is 0 Å². The summed E-state index contributed by atoms with van der Waals surface area (Å²) >= 11 is 10.6. The Kier molecular flexibility index (Phi) is 2.58. The summed E-state index contributed by atoms with van der Waals surface area (Å²) in [6.45, 7) is 0. The van der Waals surface area contributed by atoms with Gasteiger partial charge >= 0.3 is 0 Å². The maximum atomic E-state index is 13.5. The van der Waals surface area contributed by atoms with Crippen LogP contribution in [0.25, 0.3) is 11.4 Å². The van der Waals surface area contributed by atoms with E-state index in [1.54, 1.807) is 17.8 Å². The Balaban J connectivity index is 2.59. The standard InChI is InChI=1S/C9H7ClFN3S/c1-14-8(15)3-7(13-14)9-6(11)2-5(10)4-12-9/h2-4,13H,1H3. The zero-order valence-electron chi connectivity index (χ0n) is 7.79. The Labute approximate surface area is 95.5 Å². The maximum Gasteiger partial charge on any atom is 0.152 e. The lowest BCUT2D eigenvalue weighted by atomic mass is 10.2. The Morgan fingerprint density at radius 2 is 2.27 bits per heavy atom. The average Bonchev–Trinajstić information content (AvgIpc) is 2.46. The molecular weight excluding hydrogens is 237 g/mol. The predicted molar refractivity (Wildman–Crippen MR) is 58.8 cm³/mol. The molecule has 0 fully saturated rings. The number of aryl methyl sites for hydroxylation is 1. The highest BCUT2D eigenvalue weighted by Gasteiger charge is 2.09. The fraction of sp³-hybridized carbons (Fsp3) is 0.111. The zero-order valence-corrected chi connectivity index (χ0v) is 9.36. The molecule has 2 aromatic heterocycles. The van der Waals surface area contributed by atoms with Crippen LogP contribution in [0.1, 0.15) is 0 Å². The van der Waals surface area contributed by atoms with E-state index in [-0.39, 0.29) is 10.7 Å². The molecule has 0 radical (unpaired) electrons. The van der Waals surface area contributed by atoms with E-state index in [1.165, 1.54) is 12.3 Å². The first-order valence-corrected chi connectivity index (χ1v) is 4.94. The Morgan fingerprint density at radius 1 is 1.53 bits per heavy atom. The molecule has 0 saturated heterocycles. The minimum absolute atomic E-state index is 0.214. The number of aromatic amines is 1. The van der Waals surface area contributed by atoms with Crippen molar-refractivity contribution in [2.45, 2.75) is 0 Å². The molecular formula is C9H7ClFN3S. The summed E-state index contributed by atoms with van der Waals surface area (Å²) in [6.07, 6.45) is 1.39. The predicted octanol–water partition coefficient (Wildman–Crippen LogP) is 2.94. The van der Waals surface area contributed by atoms with E-state index < -0.39 is 5.82 Å². The summed E-state index contributed by atoms with van der Waals surface area (Å²) in [5, 5.41) is 3.16. The van der Waals surface area contributed by atoms with Crippen LogP contribution in [0.15, 0.2) is 18.3 Å². The summed E-state index contributed by atoms with van der Waals surface area (Å²) in [5.74, 6) is -0.473. The van der Waals surface area contributed by atoms with Crippen LogP contribution in [0.2, 0.25) is 5.02 Å². The number of hydrogen-bond donors (Lipinski definition) is 1. The van der Waals surface area contributed by atoms with Crippen molar-refractivity contribution in [3.05, 3.63) is 33.8 Å². The number of aromatic nitrogens is 3. The van der Waals surface area contributed by atoms with Crippen LogP contribution < -0.4 is 0 Å². The maximum absolute atomic E-state index is 13.5. The molecule has 0 aliphatic carbocycles. The lowest BCUT2D eigenvalue weighted by Crippen LogP contribution is -1.93. The van der Waals surface area contributed by atoms with Crippen molar-refractivity contribution in [3.8, 4) is 11.4 Å². The first kappa shape index (κ1) is 10.3. The molecule has 2 rings (SSSR count). The van der Waals surface area contributed by atoms with Gasteiger partial charge < -0.3 is 0 Å². The van der Waals surface area contributed by atoms with Crippen LogP contribution >= 0.6 is 23.8 Å². The molecule has 0 saturated carbocycles. The first-order valence-electron chi connectivity index (χ1n) is 4.15. The second kappa shape index (κ2) is 3.75. The highest BCUT2D eigenvalue weighted by molar-refractivity contribution is 7.71. The third-order valence-corrected chi connectivity index (χ3v) is 2.55. The Bertz CT molecular complexity index is 561. The highest BCUT2D eigenvalue weighted by Crippen LogP contribution is 2.20. The van der Waals surface area contributed by atoms with Crippen LogP contribution in [0.4, 0.5) is 4.39 Å². The third kappa shape index (κ3) is 1.93. The Morgan fingerprint density at radius 3 is 2.80 bits per heavy atom. The van der Waals surface area contributed by atoms with E-state index in [9.17, 15) is 4.39 Å². The van der Waals surface area contributed by atoms with Crippen molar-refractivity contribution in [2.75, 3.05) is 0 Å². The van der Waals surface area contributed by atoms with Crippen molar-refractivity contribution < 1.29 is 4.39 Å². The molecule has 15 heavy (non-hydrogen) atoms. The summed E-state index contributed by atoms with van der Waals surface area (Å²) in [7, 11) is 1.75. The molecule has 0 bridgehead atoms. The number of pyridine rings is 1. The van der Waals surface area contributed by atoms with Crippen molar-refractivity contribution in [1.82, 2.24) is 14.8 Å². The molecule has 78 valence electrons. The van der Waals surface area contributed by atoms with Gasteiger partial charge in [0.05, 0.1) is 10.7 Å². The van der Waals surface area contributed by atoms with Gasteiger partial charge in [-0.1, -0.05) is 23.8 Å². The van der Waals surface area contributed by atoms with Gasteiger partial charge in [0.15, 0.2) is 5.82 Å². The molecule has 2 aromatic rings. The number of halogens is 2. The van der Waals surface area contributed by atoms with Gasteiger partial charge in [0.1, 0.15) is 10.3 Å². The molecule has 2 heterocycles. The SMILES string of the molecule is Cn1[nH]c(-c2ncc(Cl)cc2F)cc1=S. The van der Waals surface area contributed by atoms with E-state index in [0.717, 1.165) is 0 Å². The van der Waals surface area contributed by atoms with Crippen molar-refractivity contribution in [1.29, 1.82) is 0 Å². The van der Waals surface area contributed by atoms with E-state index in [1.807, 2.05) is 0 Å². The summed E-state index contributed by atoms with van der Waals surface area (Å²) in [5.41, 5.74) is 0.753. The fourth-order valence-corrected chi connectivity index (χ4v) is 1.53. The van der Waals surface area contributed by atoms with Gasteiger partial charge in [0, 0.05) is 19.3 Å². The number of rotatable bonds is 1. The van der Waals surface area contributed by atoms with Crippen molar-refractivity contribution >= 4 is 23.8 Å². The van der Waals surface area contributed by atoms with E-state index in [2.05, 4.69) is 10.1 Å². The molecule has 3 nitrogen and oxygen atoms in total. The van der Waals surface area contributed by atoms with Gasteiger partial charge in [-0.05, 0) is 6.07 Å². The van der Waals surface area contributed by atoms with Gasteiger partial charge in [-0.15, -0.1) is 0 Å². The number of nitrogens with one attached hydrogen (secondary N) is 1. The second-order valence-corrected chi connectivity index (χ2v) is 3.91. The molecule has 1 N–H and O–H groups in total. The van der Waals surface area contributed by atoms with Gasteiger partial charge in [0.25, 0.3) is 0 Å². The molecule has 0 spiro atoms. The van der Waals surface area contributed by atoms with Crippen molar-refractivity contribution in [2.24, 2.45) is 7.05 Å². The molecule has 6 heteroatoms. The first-order chi connectivity index (χ1) is 7.08. The van der Waals surface area contributed by atoms with Gasteiger partial charge in [-0.25, -0.2) is 9.37 Å². The second-order valence-electron chi connectivity index (χ2n) is 3.05. The van der Waals surface area contributed by atoms with Gasteiger partial charge in [-0.3, -0.25) is 9.78 Å². The smallest absolute Gasteiger partial charge is 0.152 e. The van der Waals surface area contributed by atoms with Crippen molar-refractivity contribution in [3.63, 3.8) is 0 Å². The molecule has 0 aromatic carbocycles. The largest absolute Gasteiger partial charge is 0.295 e. The highest BCUT2D eigenvalue weighted by atomic mass is 35.5. The molecule has 0 amide bonds. The summed E-state index contributed by atoms with van der Waals surface area (Å²) in [6, 6.07) is 2.86. The quantitative estimate of drug-likeness (QED) is 0.782. The number of H-pyrrole nitrogens is 1. The van der Waals surface area contributed by atoms with E-state index in [0.29, 0.717) is 10.3 Å². The molecule has 0 atom stereocenters. The van der Waals surface area contributed by atoms with Crippen LogP contribution in [0.3, 0.4) is 0 Å². The summed E-state index contributed by atoms with van der Waals surface area (Å²) in [4.78, 5) is 3.90. The minimum atomic E-state index is -0.473. The minimum Gasteiger partial charge on any atom is -0.295 e. The molecule has 0 aliphatic rings. The lowest BCUT2D eigenvalue weighted by molar-refractivity contribution is 0.624. The fourth-order valence-electron chi connectivity index (χ4n) is 1.22. The number of nitrogens with zero attached hydrogens (tertiary/aromatic N) is 2. The number of hydrogen-bond acceptors (Lipinski definition) is 2. The normalized spacial score (nSPS) is 10.6. The molecule has 0 unspecified atom stereocenters. The van der Waals surface area contributed by atoms with Gasteiger partial charge in [0.2, 0.25) is 0 Å². The topological polar surface area (TPSA) is 33.6 Å². The Hall–Kier alpha value is -1.20. The van der Waals surface area contributed by atoms with Gasteiger partial charge in [-0.2, -0.15) is 0 Å². The average molecular weight is 244 g/mol. The van der Waals surface area contributed by atoms with Crippen LogP contribution in [0.5, 0.6) is 0 Å². The lowest BCUT2D eigenvalue weighted by Gasteiger charge is -1.99. The monoisotopic (exact) mass is 243 g/mol. The third-order valence-electron chi connectivity index (χ3n) is 1.95. The van der Waals surface area contributed by atoms with Crippen LogP contribution in [-0.4, -0.2) is 14.8 Å². The zero-order chi connectivity index (χ0) is 11.0. The molecule has 0 aliphatic heterocycles. The van der Waals surface area contributed by atoms with Crippen LogP contribution in [-0.2, 0) is 7.05 Å². The van der Waals surface area contributed by atoms with E-state index in [4.69, 9.17) is 23.8 Å². The summed E-state index contributed by atoms with van der Waals surface area (Å²) < 4.78 is 15.7.